The zero-order valence-corrected chi connectivity index (χ0v) is 11.6. The van der Waals surface area contributed by atoms with Crippen LogP contribution in [0.5, 0.6) is 0 Å². The van der Waals surface area contributed by atoms with E-state index in [4.69, 9.17) is 9.47 Å². The van der Waals surface area contributed by atoms with Crippen LogP contribution in [-0.4, -0.2) is 25.9 Å². The quantitative estimate of drug-likeness (QED) is 0.825. The van der Waals surface area contributed by atoms with Crippen LogP contribution in [-0.2, 0) is 15.9 Å². The van der Waals surface area contributed by atoms with Gasteiger partial charge in [0.1, 0.15) is 0 Å². The van der Waals surface area contributed by atoms with Crippen molar-refractivity contribution in [1.29, 1.82) is 0 Å². The van der Waals surface area contributed by atoms with E-state index in [1.54, 1.807) is 5.56 Å². The summed E-state index contributed by atoms with van der Waals surface area (Å²) in [6.45, 7) is 6.69. The molecule has 2 nitrogen and oxygen atoms in total. The molecule has 1 fully saturated rings. The molecule has 0 aromatic rings. The summed E-state index contributed by atoms with van der Waals surface area (Å²) in [7, 11) is 0. The largest absolute Gasteiger partial charge is 0.376 e. The van der Waals surface area contributed by atoms with E-state index in [9.17, 15) is 0 Å². The first-order chi connectivity index (χ1) is 8.85. The van der Waals surface area contributed by atoms with Crippen molar-refractivity contribution in [1.82, 2.24) is 0 Å². The Morgan fingerprint density at radius 2 is 2.11 bits per heavy atom. The first kappa shape index (κ1) is 13.6. The zero-order valence-electron chi connectivity index (χ0n) is 11.6. The van der Waals surface area contributed by atoms with E-state index in [0.29, 0.717) is 6.10 Å². The molecule has 1 heterocycles. The van der Waals surface area contributed by atoms with Crippen molar-refractivity contribution >= 4 is 0 Å². The molecule has 0 saturated carbocycles. The molecule has 0 spiro atoms. The summed E-state index contributed by atoms with van der Waals surface area (Å²) in [6, 6.07) is 6.72. The van der Waals surface area contributed by atoms with Crippen LogP contribution in [0, 0.1) is 10.4 Å². The molecule has 0 amide bonds. The van der Waals surface area contributed by atoms with Gasteiger partial charge in [0.25, 0.3) is 0 Å². The van der Waals surface area contributed by atoms with E-state index < -0.39 is 0 Å². The fraction of sp³-hybridized carbons (Fsp3) is 0.625. The van der Waals surface area contributed by atoms with Gasteiger partial charge in [-0.3, -0.25) is 0 Å². The van der Waals surface area contributed by atoms with Gasteiger partial charge in [-0.1, -0.05) is 38.5 Å². The van der Waals surface area contributed by atoms with Gasteiger partial charge in [0, 0.05) is 0 Å². The summed E-state index contributed by atoms with van der Waals surface area (Å²) in [6.07, 6.45) is 5.38. The van der Waals surface area contributed by atoms with Crippen LogP contribution in [0.3, 0.4) is 0 Å². The first-order valence-electron chi connectivity index (χ1n) is 7.17. The monoisotopic (exact) mass is 248 g/mol. The van der Waals surface area contributed by atoms with Gasteiger partial charge >= 0.3 is 0 Å². The Kier molecular flexibility index (Phi) is 5.21. The number of hydrogen-bond acceptors (Lipinski definition) is 2. The second-order valence-corrected chi connectivity index (χ2v) is 4.95. The predicted molar refractivity (Wildman–Crippen MR) is 73.6 cm³/mol. The lowest BCUT2D eigenvalue weighted by molar-refractivity contribution is -0.0887. The minimum Gasteiger partial charge on any atom is -0.376 e. The highest BCUT2D eigenvalue weighted by Crippen LogP contribution is 2.17. The number of hydrogen-bond donors (Lipinski definition) is 0. The zero-order chi connectivity index (χ0) is 12.8. The molecule has 1 unspecified atom stereocenters. The third kappa shape index (κ3) is 3.33. The van der Waals surface area contributed by atoms with Crippen LogP contribution in [0.4, 0.5) is 0 Å². The third-order valence-electron chi connectivity index (χ3n) is 3.56. The van der Waals surface area contributed by atoms with Crippen molar-refractivity contribution in [3.63, 3.8) is 0 Å². The standard InChI is InChI=1S/C10H12.C6H12O2/c1-2-3-4-8-7-9-5-6-10(8)9;1-2-6-5-7-3-4-8-6/h5-7H,2-4H2,1H3;6H,2-5H2,1H3. The van der Waals surface area contributed by atoms with Crippen molar-refractivity contribution in [3.8, 4) is 0 Å². The molecular weight excluding hydrogens is 224 g/mol. The summed E-state index contributed by atoms with van der Waals surface area (Å²) >= 11 is 0. The van der Waals surface area contributed by atoms with Crippen LogP contribution in [0.25, 0.3) is 0 Å². The maximum absolute atomic E-state index is 5.30. The van der Waals surface area contributed by atoms with Crippen molar-refractivity contribution in [2.24, 2.45) is 0 Å². The molecule has 0 aromatic heterocycles. The maximum Gasteiger partial charge on any atom is 0.0807 e. The average molecular weight is 248 g/mol. The van der Waals surface area contributed by atoms with Gasteiger partial charge in [-0.15, -0.1) is 0 Å². The smallest absolute Gasteiger partial charge is 0.0807 e. The van der Waals surface area contributed by atoms with Crippen LogP contribution in [0.15, 0.2) is 18.2 Å². The second kappa shape index (κ2) is 6.91. The molecule has 2 aliphatic carbocycles. The highest BCUT2D eigenvalue weighted by atomic mass is 16.6. The van der Waals surface area contributed by atoms with E-state index in [1.807, 2.05) is 0 Å². The second-order valence-electron chi connectivity index (χ2n) is 4.95. The molecular formula is C16H24O2. The maximum atomic E-state index is 5.30. The van der Waals surface area contributed by atoms with E-state index in [0.717, 1.165) is 26.2 Å². The molecule has 1 saturated heterocycles. The Labute approximate surface area is 110 Å². The molecule has 3 aliphatic rings. The average Bonchev–Trinajstić information content (AvgIpc) is 2.42. The fourth-order valence-corrected chi connectivity index (χ4v) is 2.22. The molecule has 3 rings (SSSR count). The Balaban J connectivity index is 0.000000138. The lowest BCUT2D eigenvalue weighted by atomic mass is 9.95. The summed E-state index contributed by atoms with van der Waals surface area (Å²) in [4.78, 5) is 0. The molecule has 0 N–H and O–H groups in total. The van der Waals surface area contributed by atoms with Crippen LogP contribution in [0.1, 0.15) is 38.7 Å². The number of ether oxygens (including phenoxy) is 2. The van der Waals surface area contributed by atoms with Crippen molar-refractivity contribution in [2.75, 3.05) is 19.8 Å². The Hall–Kier alpha value is -0.860. The Morgan fingerprint density at radius 1 is 1.22 bits per heavy atom. The molecule has 0 aromatic carbocycles. The van der Waals surface area contributed by atoms with Gasteiger partial charge in [0.15, 0.2) is 0 Å². The lowest BCUT2D eigenvalue weighted by Crippen LogP contribution is -2.27. The molecule has 0 bridgehead atoms. The lowest BCUT2D eigenvalue weighted by Gasteiger charge is -2.20. The minimum absolute atomic E-state index is 0.365. The van der Waals surface area contributed by atoms with Gasteiger partial charge in [-0.2, -0.15) is 0 Å². The van der Waals surface area contributed by atoms with Gasteiger partial charge in [0.2, 0.25) is 0 Å². The van der Waals surface area contributed by atoms with Gasteiger partial charge < -0.3 is 9.47 Å². The Morgan fingerprint density at radius 3 is 2.50 bits per heavy atom. The van der Waals surface area contributed by atoms with Crippen molar-refractivity contribution in [3.05, 3.63) is 34.2 Å². The third-order valence-corrected chi connectivity index (χ3v) is 3.56. The number of unbranched alkanes of at least 4 members (excludes halogenated alkanes) is 1. The topological polar surface area (TPSA) is 18.5 Å². The summed E-state index contributed by atoms with van der Waals surface area (Å²) < 4.78 is 10.5. The molecule has 2 heteroatoms. The predicted octanol–water partition coefficient (Wildman–Crippen LogP) is 3.44. The van der Waals surface area contributed by atoms with E-state index in [1.165, 1.54) is 29.7 Å². The summed E-state index contributed by atoms with van der Waals surface area (Å²) in [5.74, 6) is 0. The normalized spacial score (nSPS) is 20.0. The van der Waals surface area contributed by atoms with Gasteiger partial charge in [-0.25, -0.2) is 0 Å². The summed E-state index contributed by atoms with van der Waals surface area (Å²) in [5, 5.41) is 3.01. The Bertz CT molecular complexity index is 447. The molecule has 18 heavy (non-hydrogen) atoms. The van der Waals surface area contributed by atoms with E-state index in [2.05, 4.69) is 32.0 Å². The molecule has 0 radical (unpaired) electrons. The summed E-state index contributed by atoms with van der Waals surface area (Å²) in [5.41, 5.74) is 1.58. The van der Waals surface area contributed by atoms with Crippen LogP contribution >= 0.6 is 0 Å². The number of aryl methyl sites for hydroxylation is 1. The fourth-order valence-electron chi connectivity index (χ4n) is 2.22. The number of benzene rings is 1. The highest BCUT2D eigenvalue weighted by Gasteiger charge is 2.10. The van der Waals surface area contributed by atoms with E-state index in [-0.39, 0.29) is 0 Å². The first-order valence-corrected chi connectivity index (χ1v) is 7.17. The van der Waals surface area contributed by atoms with Gasteiger partial charge in [-0.05, 0) is 35.3 Å². The molecule has 1 aliphatic heterocycles. The van der Waals surface area contributed by atoms with Gasteiger partial charge in [0.05, 0.1) is 25.9 Å². The van der Waals surface area contributed by atoms with Crippen molar-refractivity contribution in [2.45, 2.75) is 45.6 Å². The highest BCUT2D eigenvalue weighted by molar-refractivity contribution is 5.33. The van der Waals surface area contributed by atoms with E-state index >= 15 is 0 Å². The van der Waals surface area contributed by atoms with Crippen LogP contribution in [0.2, 0.25) is 0 Å². The SMILES string of the molecule is CCC1COCCO1.CCCCc1cc2ccc1=2. The molecule has 1 atom stereocenters. The minimum atomic E-state index is 0.365. The molecule has 100 valence electrons. The van der Waals surface area contributed by atoms with Crippen LogP contribution < -0.4 is 0 Å². The van der Waals surface area contributed by atoms with Crippen molar-refractivity contribution < 1.29 is 9.47 Å². The number of rotatable bonds is 4.